The van der Waals surface area contributed by atoms with Crippen molar-refractivity contribution in [2.45, 2.75) is 83.2 Å². The maximum absolute atomic E-state index is 12.2. The van der Waals surface area contributed by atoms with Gasteiger partial charge in [0, 0.05) is 24.9 Å². The summed E-state index contributed by atoms with van der Waals surface area (Å²) in [6.07, 6.45) is 10.4. The highest BCUT2D eigenvalue weighted by Crippen LogP contribution is 2.29. The topological polar surface area (TPSA) is 58.2 Å². The van der Waals surface area contributed by atoms with Gasteiger partial charge in [-0.1, -0.05) is 0 Å². The summed E-state index contributed by atoms with van der Waals surface area (Å²) in [5.74, 6) is 1.65. The molecule has 2 rings (SSSR count). The molecule has 0 unspecified atom stereocenters. The second-order valence-corrected chi connectivity index (χ2v) is 7.40. The van der Waals surface area contributed by atoms with Gasteiger partial charge in [0.05, 0.1) is 0 Å². The highest BCUT2D eigenvalue weighted by molar-refractivity contribution is 5.76. The molecule has 4 heteroatoms. The van der Waals surface area contributed by atoms with Crippen LogP contribution in [0.3, 0.4) is 0 Å². The van der Waals surface area contributed by atoms with Crippen LogP contribution in [0.25, 0.3) is 0 Å². The van der Waals surface area contributed by atoms with Crippen LogP contribution in [0.5, 0.6) is 0 Å². The molecule has 0 saturated heterocycles. The van der Waals surface area contributed by atoms with Crippen LogP contribution in [0, 0.1) is 11.8 Å². The van der Waals surface area contributed by atoms with Crippen LogP contribution >= 0.6 is 0 Å². The van der Waals surface area contributed by atoms with Crippen molar-refractivity contribution in [2.24, 2.45) is 11.8 Å². The molecule has 126 valence electrons. The minimum Gasteiger partial charge on any atom is -0.353 e. The van der Waals surface area contributed by atoms with Crippen LogP contribution in [0.15, 0.2) is 0 Å². The SMILES string of the molecule is CNC1CCC(CC(=O)NC2CCC(CC(C)=O)CC2)CC1. The van der Waals surface area contributed by atoms with E-state index in [1.807, 2.05) is 7.05 Å². The first kappa shape index (κ1) is 17.5. The first-order valence-electron chi connectivity index (χ1n) is 9.03. The average Bonchev–Trinajstić information content (AvgIpc) is 2.49. The van der Waals surface area contributed by atoms with E-state index in [0.717, 1.165) is 32.1 Å². The summed E-state index contributed by atoms with van der Waals surface area (Å²) < 4.78 is 0. The molecule has 2 saturated carbocycles. The summed E-state index contributed by atoms with van der Waals surface area (Å²) in [6.45, 7) is 1.68. The van der Waals surface area contributed by atoms with Gasteiger partial charge in [-0.2, -0.15) is 0 Å². The first-order valence-corrected chi connectivity index (χ1v) is 9.03. The lowest BCUT2D eigenvalue weighted by Crippen LogP contribution is -2.39. The number of amides is 1. The molecule has 0 radical (unpaired) electrons. The predicted octanol–water partition coefficient (Wildman–Crippen LogP) is 2.81. The standard InChI is InChI=1S/C18H32N2O2/c1-13(21)11-14-5-9-17(10-6-14)20-18(22)12-15-3-7-16(19-2)8-4-15/h14-17,19H,3-12H2,1-2H3,(H,20,22). The summed E-state index contributed by atoms with van der Waals surface area (Å²) in [5.41, 5.74) is 0. The average molecular weight is 308 g/mol. The molecule has 2 fully saturated rings. The zero-order chi connectivity index (χ0) is 15.9. The number of carbonyl (C=O) groups excluding carboxylic acids is 2. The molecular weight excluding hydrogens is 276 g/mol. The molecule has 0 spiro atoms. The molecule has 2 N–H and O–H groups in total. The van der Waals surface area contributed by atoms with E-state index in [0.29, 0.717) is 36.1 Å². The van der Waals surface area contributed by atoms with E-state index < -0.39 is 0 Å². The Morgan fingerprint density at radius 2 is 1.32 bits per heavy atom. The Labute approximate surface area is 134 Å². The van der Waals surface area contributed by atoms with Crippen LogP contribution in [0.4, 0.5) is 0 Å². The molecule has 0 heterocycles. The van der Waals surface area contributed by atoms with Gasteiger partial charge >= 0.3 is 0 Å². The number of carbonyl (C=O) groups is 2. The zero-order valence-electron chi connectivity index (χ0n) is 14.2. The Morgan fingerprint density at radius 3 is 1.82 bits per heavy atom. The quantitative estimate of drug-likeness (QED) is 0.793. The van der Waals surface area contributed by atoms with Crippen LogP contribution in [0.1, 0.15) is 71.1 Å². The molecule has 1 amide bonds. The monoisotopic (exact) mass is 308 g/mol. The zero-order valence-corrected chi connectivity index (χ0v) is 14.2. The highest BCUT2D eigenvalue weighted by Gasteiger charge is 2.25. The second kappa shape index (κ2) is 8.66. The van der Waals surface area contributed by atoms with Crippen molar-refractivity contribution in [3.05, 3.63) is 0 Å². The van der Waals surface area contributed by atoms with E-state index in [1.54, 1.807) is 6.92 Å². The van der Waals surface area contributed by atoms with E-state index >= 15 is 0 Å². The minimum atomic E-state index is 0.239. The summed E-state index contributed by atoms with van der Waals surface area (Å²) in [5, 5.41) is 6.56. The number of Topliss-reactive ketones (excluding diaryl/α,β-unsaturated/α-hetero) is 1. The van der Waals surface area contributed by atoms with Crippen molar-refractivity contribution < 1.29 is 9.59 Å². The van der Waals surface area contributed by atoms with Gasteiger partial charge < -0.3 is 15.4 Å². The summed E-state index contributed by atoms with van der Waals surface area (Å²) in [6, 6.07) is 0.986. The summed E-state index contributed by atoms with van der Waals surface area (Å²) >= 11 is 0. The van der Waals surface area contributed by atoms with E-state index in [9.17, 15) is 9.59 Å². The molecule has 0 atom stereocenters. The van der Waals surface area contributed by atoms with Crippen molar-refractivity contribution in [1.29, 1.82) is 0 Å². The van der Waals surface area contributed by atoms with Crippen molar-refractivity contribution >= 4 is 11.7 Å². The smallest absolute Gasteiger partial charge is 0.220 e. The van der Waals surface area contributed by atoms with Gasteiger partial charge in [0.2, 0.25) is 5.91 Å². The maximum Gasteiger partial charge on any atom is 0.220 e. The fraction of sp³-hybridized carbons (Fsp3) is 0.889. The fourth-order valence-corrected chi connectivity index (χ4v) is 4.12. The van der Waals surface area contributed by atoms with Crippen molar-refractivity contribution in [3.8, 4) is 0 Å². The third-order valence-corrected chi connectivity index (χ3v) is 5.52. The molecular formula is C18H32N2O2. The molecule has 0 aromatic heterocycles. The van der Waals surface area contributed by atoms with Crippen LogP contribution in [-0.2, 0) is 9.59 Å². The normalized spacial score (nSPS) is 32.5. The van der Waals surface area contributed by atoms with E-state index in [-0.39, 0.29) is 5.91 Å². The number of hydrogen-bond donors (Lipinski definition) is 2. The van der Waals surface area contributed by atoms with Gasteiger partial charge in [-0.3, -0.25) is 4.79 Å². The molecule has 0 aliphatic heterocycles. The fourth-order valence-electron chi connectivity index (χ4n) is 4.12. The minimum absolute atomic E-state index is 0.239. The van der Waals surface area contributed by atoms with Crippen molar-refractivity contribution in [1.82, 2.24) is 10.6 Å². The lowest BCUT2D eigenvalue weighted by Gasteiger charge is -2.30. The Bertz CT molecular complexity index is 367. The number of nitrogens with one attached hydrogen (secondary N) is 2. The van der Waals surface area contributed by atoms with Crippen LogP contribution < -0.4 is 10.6 Å². The Kier molecular flexibility index (Phi) is 6.87. The van der Waals surface area contributed by atoms with Gasteiger partial charge in [0.15, 0.2) is 0 Å². The largest absolute Gasteiger partial charge is 0.353 e. The molecule has 4 nitrogen and oxygen atoms in total. The van der Waals surface area contributed by atoms with Gasteiger partial charge in [-0.25, -0.2) is 0 Å². The van der Waals surface area contributed by atoms with Crippen molar-refractivity contribution in [3.63, 3.8) is 0 Å². The Hall–Kier alpha value is -0.900. The molecule has 0 aromatic carbocycles. The van der Waals surface area contributed by atoms with Crippen LogP contribution in [-0.4, -0.2) is 30.8 Å². The van der Waals surface area contributed by atoms with Gasteiger partial charge in [-0.05, 0) is 77.2 Å². The van der Waals surface area contributed by atoms with Crippen molar-refractivity contribution in [2.75, 3.05) is 7.05 Å². The van der Waals surface area contributed by atoms with Gasteiger partial charge in [0.25, 0.3) is 0 Å². The highest BCUT2D eigenvalue weighted by atomic mass is 16.1. The number of rotatable bonds is 6. The van der Waals surface area contributed by atoms with E-state index in [4.69, 9.17) is 0 Å². The molecule has 0 aromatic rings. The number of hydrogen-bond acceptors (Lipinski definition) is 3. The Balaban J connectivity index is 1.63. The lowest BCUT2D eigenvalue weighted by atomic mass is 9.82. The van der Waals surface area contributed by atoms with E-state index in [2.05, 4.69) is 10.6 Å². The van der Waals surface area contributed by atoms with Crippen LogP contribution in [0.2, 0.25) is 0 Å². The second-order valence-electron chi connectivity index (χ2n) is 7.40. The van der Waals surface area contributed by atoms with Gasteiger partial charge in [0.1, 0.15) is 5.78 Å². The molecule has 22 heavy (non-hydrogen) atoms. The maximum atomic E-state index is 12.2. The molecule has 0 bridgehead atoms. The van der Waals surface area contributed by atoms with E-state index in [1.165, 1.54) is 25.7 Å². The third kappa shape index (κ3) is 5.71. The van der Waals surface area contributed by atoms with Gasteiger partial charge in [-0.15, -0.1) is 0 Å². The third-order valence-electron chi connectivity index (χ3n) is 5.52. The first-order chi connectivity index (χ1) is 10.6. The summed E-state index contributed by atoms with van der Waals surface area (Å²) in [4.78, 5) is 23.4. The predicted molar refractivity (Wildman–Crippen MR) is 88.6 cm³/mol. The number of ketones is 1. The Morgan fingerprint density at radius 1 is 0.818 bits per heavy atom. The lowest BCUT2D eigenvalue weighted by molar-refractivity contribution is -0.123. The summed E-state index contributed by atoms with van der Waals surface area (Å²) in [7, 11) is 2.03. The molecule has 2 aliphatic carbocycles. The molecule has 2 aliphatic rings.